The van der Waals surface area contributed by atoms with Gasteiger partial charge in [-0.15, -0.1) is 0 Å². The van der Waals surface area contributed by atoms with Gasteiger partial charge in [0, 0.05) is 5.56 Å². The van der Waals surface area contributed by atoms with Gasteiger partial charge >= 0.3 is 0 Å². The highest BCUT2D eigenvalue weighted by molar-refractivity contribution is 5.82. The average molecular weight is 174 g/mol. The zero-order chi connectivity index (χ0) is 8.67. The summed E-state index contributed by atoms with van der Waals surface area (Å²) >= 11 is 0. The average Bonchev–Trinajstić information content (AvgIpc) is 2.65. The van der Waals surface area contributed by atoms with Crippen LogP contribution in [0.25, 0.3) is 11.0 Å². The molecule has 13 heavy (non-hydrogen) atoms. The first-order valence-electron chi connectivity index (χ1n) is 4.07. The van der Waals surface area contributed by atoms with E-state index in [9.17, 15) is 0 Å². The van der Waals surface area contributed by atoms with Gasteiger partial charge in [-0.25, -0.2) is 4.63 Å². The van der Waals surface area contributed by atoms with Crippen LogP contribution in [-0.2, 0) is 6.42 Å². The van der Waals surface area contributed by atoms with E-state index in [1.54, 1.807) is 0 Å². The van der Waals surface area contributed by atoms with Crippen molar-refractivity contribution in [2.24, 2.45) is 10.2 Å². The third kappa shape index (κ3) is 0.867. The molecule has 0 unspecified atom stereocenters. The molecule has 5 nitrogen and oxygen atoms in total. The Kier molecular flexibility index (Phi) is 1.21. The van der Waals surface area contributed by atoms with Gasteiger partial charge in [-0.2, -0.15) is 10.2 Å². The van der Waals surface area contributed by atoms with Gasteiger partial charge < -0.3 is 0 Å². The van der Waals surface area contributed by atoms with Crippen molar-refractivity contribution in [3.05, 3.63) is 17.7 Å². The Morgan fingerprint density at radius 3 is 3.23 bits per heavy atom. The Hall–Kier alpha value is -1.78. The van der Waals surface area contributed by atoms with Crippen LogP contribution >= 0.6 is 0 Å². The maximum absolute atomic E-state index is 4.66. The van der Waals surface area contributed by atoms with E-state index in [1.165, 1.54) is 0 Å². The van der Waals surface area contributed by atoms with Crippen molar-refractivity contribution in [3.8, 4) is 0 Å². The number of rotatable bonds is 0. The Bertz CT molecular complexity index is 488. The quantitative estimate of drug-likeness (QED) is 0.612. The molecule has 0 saturated heterocycles. The lowest BCUT2D eigenvalue weighted by molar-refractivity contribution is 0.315. The molecule has 1 aliphatic heterocycles. The van der Waals surface area contributed by atoms with Crippen LogP contribution in [0.3, 0.4) is 0 Å². The van der Waals surface area contributed by atoms with Gasteiger partial charge in [0.05, 0.1) is 12.2 Å². The number of aromatic nitrogens is 2. The highest BCUT2D eigenvalue weighted by Crippen LogP contribution is 2.29. The zero-order valence-electron chi connectivity index (χ0n) is 6.77. The van der Waals surface area contributed by atoms with Gasteiger partial charge in [0.15, 0.2) is 0 Å². The Morgan fingerprint density at radius 1 is 1.23 bits per heavy atom. The predicted molar refractivity (Wildman–Crippen MR) is 44.9 cm³/mol. The van der Waals surface area contributed by atoms with Crippen LogP contribution < -0.4 is 0 Å². The van der Waals surface area contributed by atoms with Crippen molar-refractivity contribution in [2.45, 2.75) is 6.42 Å². The van der Waals surface area contributed by atoms with Gasteiger partial charge in [-0.05, 0) is 28.9 Å². The summed E-state index contributed by atoms with van der Waals surface area (Å²) in [6.45, 7) is 0.721. The molecule has 0 spiro atoms. The fourth-order valence-electron chi connectivity index (χ4n) is 1.52. The minimum atomic E-state index is 0.721. The van der Waals surface area contributed by atoms with Crippen LogP contribution in [0.1, 0.15) is 5.56 Å². The normalized spacial score (nSPS) is 14.8. The third-order valence-electron chi connectivity index (χ3n) is 2.15. The lowest BCUT2D eigenvalue weighted by Gasteiger charge is -2.06. The number of hydrogen-bond acceptors (Lipinski definition) is 5. The number of nitrogens with zero attached hydrogens (tertiary/aromatic N) is 4. The van der Waals surface area contributed by atoms with E-state index >= 15 is 0 Å². The monoisotopic (exact) mass is 174 g/mol. The maximum Gasteiger partial charge on any atom is 0.140 e. The van der Waals surface area contributed by atoms with E-state index in [2.05, 4.69) is 25.2 Å². The molecule has 0 fully saturated rings. The number of benzene rings is 1. The molecule has 2 aromatic rings. The molecule has 0 atom stereocenters. The molecule has 1 aromatic carbocycles. The minimum absolute atomic E-state index is 0.721. The minimum Gasteiger partial charge on any atom is -0.243 e. The van der Waals surface area contributed by atoms with E-state index in [0.717, 1.165) is 35.2 Å². The van der Waals surface area contributed by atoms with Gasteiger partial charge in [-0.3, -0.25) is 0 Å². The molecule has 0 aliphatic carbocycles. The summed E-state index contributed by atoms with van der Waals surface area (Å²) in [5.74, 6) is 0. The van der Waals surface area contributed by atoms with Gasteiger partial charge in [0.25, 0.3) is 0 Å². The number of fused-ring (bicyclic) bond motifs is 3. The van der Waals surface area contributed by atoms with Gasteiger partial charge in [0.1, 0.15) is 11.0 Å². The smallest absolute Gasteiger partial charge is 0.140 e. The SMILES string of the molecule is c1cc2nonc2c2c1N=NCC2. The molecule has 0 N–H and O–H groups in total. The highest BCUT2D eigenvalue weighted by Gasteiger charge is 2.13. The first kappa shape index (κ1) is 6.71. The largest absolute Gasteiger partial charge is 0.243 e. The van der Waals surface area contributed by atoms with Crippen molar-refractivity contribution in [1.29, 1.82) is 0 Å². The Balaban J connectivity index is 2.42. The highest BCUT2D eigenvalue weighted by atomic mass is 16.6. The first-order valence-corrected chi connectivity index (χ1v) is 4.07. The van der Waals surface area contributed by atoms with Gasteiger partial charge in [-0.1, -0.05) is 0 Å². The summed E-state index contributed by atoms with van der Waals surface area (Å²) in [6, 6.07) is 3.74. The second-order valence-electron chi connectivity index (χ2n) is 2.91. The van der Waals surface area contributed by atoms with Crippen molar-refractivity contribution >= 4 is 16.7 Å². The van der Waals surface area contributed by atoms with E-state index < -0.39 is 0 Å². The molecule has 0 bridgehead atoms. The Morgan fingerprint density at radius 2 is 2.23 bits per heavy atom. The number of hydrogen-bond donors (Lipinski definition) is 0. The van der Waals surface area contributed by atoms with Crippen LogP contribution in [0.2, 0.25) is 0 Å². The summed E-state index contributed by atoms with van der Waals surface area (Å²) in [5.41, 5.74) is 3.58. The summed E-state index contributed by atoms with van der Waals surface area (Å²) in [5, 5.41) is 15.6. The summed E-state index contributed by atoms with van der Waals surface area (Å²) in [7, 11) is 0. The summed E-state index contributed by atoms with van der Waals surface area (Å²) in [6.07, 6.45) is 0.865. The molecule has 0 saturated carbocycles. The molecule has 2 heterocycles. The van der Waals surface area contributed by atoms with Crippen molar-refractivity contribution < 1.29 is 4.63 Å². The molecule has 0 amide bonds. The Labute approximate surface area is 73.4 Å². The standard InChI is InChI=1S/C8H6N4O/c1-2-7-8(12-13-11-7)5-3-4-9-10-6(1)5/h1-2H,3-4H2. The van der Waals surface area contributed by atoms with Crippen molar-refractivity contribution in [3.63, 3.8) is 0 Å². The lowest BCUT2D eigenvalue weighted by atomic mass is 10.1. The fraction of sp³-hybridized carbons (Fsp3) is 0.250. The van der Waals surface area contributed by atoms with Crippen molar-refractivity contribution in [2.75, 3.05) is 6.54 Å². The fourth-order valence-corrected chi connectivity index (χ4v) is 1.52. The van der Waals surface area contributed by atoms with Crippen LogP contribution in [0, 0.1) is 0 Å². The van der Waals surface area contributed by atoms with E-state index in [0.29, 0.717) is 0 Å². The van der Waals surface area contributed by atoms with E-state index in [4.69, 9.17) is 0 Å². The summed E-state index contributed by atoms with van der Waals surface area (Å²) in [4.78, 5) is 0. The van der Waals surface area contributed by atoms with Crippen LogP contribution in [0.4, 0.5) is 5.69 Å². The molecular formula is C8H6N4O. The van der Waals surface area contributed by atoms with Crippen LogP contribution in [-0.4, -0.2) is 16.9 Å². The zero-order valence-corrected chi connectivity index (χ0v) is 6.77. The molecule has 64 valence electrons. The molecule has 1 aromatic heterocycles. The first-order chi connectivity index (χ1) is 6.45. The molecule has 1 aliphatic rings. The topological polar surface area (TPSA) is 63.6 Å². The van der Waals surface area contributed by atoms with E-state index in [-0.39, 0.29) is 0 Å². The predicted octanol–water partition coefficient (Wildman–Crippen LogP) is 1.86. The van der Waals surface area contributed by atoms with Crippen molar-refractivity contribution in [1.82, 2.24) is 10.3 Å². The summed E-state index contributed by atoms with van der Waals surface area (Å²) < 4.78 is 4.66. The van der Waals surface area contributed by atoms with E-state index in [1.807, 2.05) is 12.1 Å². The second-order valence-corrected chi connectivity index (χ2v) is 2.91. The second kappa shape index (κ2) is 2.35. The molecular weight excluding hydrogens is 168 g/mol. The molecule has 0 radical (unpaired) electrons. The van der Waals surface area contributed by atoms with Crippen LogP contribution in [0.15, 0.2) is 27.0 Å². The molecule has 5 heteroatoms. The van der Waals surface area contributed by atoms with Gasteiger partial charge in [0.2, 0.25) is 0 Å². The third-order valence-corrected chi connectivity index (χ3v) is 2.15. The lowest BCUT2D eigenvalue weighted by Crippen LogP contribution is -1.95. The maximum atomic E-state index is 4.66. The molecule has 3 rings (SSSR count). The number of azo groups is 1. The van der Waals surface area contributed by atoms with Crippen LogP contribution in [0.5, 0.6) is 0 Å².